The molecule has 0 aliphatic carbocycles. The number of hydrogen-bond donors (Lipinski definition) is 0. The van der Waals surface area contributed by atoms with Crippen molar-refractivity contribution in [3.63, 3.8) is 0 Å². The summed E-state index contributed by atoms with van der Waals surface area (Å²) in [4.78, 5) is 11.2. The van der Waals surface area contributed by atoms with Crippen LogP contribution in [0.1, 0.15) is 31.7 Å². The van der Waals surface area contributed by atoms with E-state index in [1.54, 1.807) is 0 Å². The number of esters is 1. The topological polar surface area (TPSA) is 35.5 Å². The predicted molar refractivity (Wildman–Crippen MR) is 69.0 cm³/mol. The second-order valence-corrected chi connectivity index (χ2v) is 4.90. The molecule has 98 valence electrons. The van der Waals surface area contributed by atoms with Crippen molar-refractivity contribution >= 4 is 5.97 Å². The number of ether oxygens (including phenoxy) is 2. The van der Waals surface area contributed by atoms with Gasteiger partial charge in [0.2, 0.25) is 0 Å². The molecule has 0 radical (unpaired) electrons. The van der Waals surface area contributed by atoms with Crippen LogP contribution in [0.4, 0.5) is 0 Å². The van der Waals surface area contributed by atoms with Crippen molar-refractivity contribution in [3.05, 3.63) is 35.9 Å². The Labute approximate surface area is 108 Å². The lowest BCUT2D eigenvalue weighted by Gasteiger charge is -2.27. The maximum atomic E-state index is 11.2. The number of carbonyl (C=O) groups excluding carboxylic acids is 1. The van der Waals surface area contributed by atoms with E-state index < -0.39 is 0 Å². The van der Waals surface area contributed by atoms with Gasteiger partial charge < -0.3 is 9.47 Å². The van der Waals surface area contributed by atoms with E-state index in [1.807, 2.05) is 30.3 Å². The van der Waals surface area contributed by atoms with E-state index >= 15 is 0 Å². The molecular formula is C15H20O3. The summed E-state index contributed by atoms with van der Waals surface area (Å²) < 4.78 is 11.0. The van der Waals surface area contributed by atoms with Crippen LogP contribution >= 0.6 is 0 Å². The van der Waals surface area contributed by atoms with Crippen LogP contribution in [0.2, 0.25) is 0 Å². The zero-order chi connectivity index (χ0) is 12.8. The Morgan fingerprint density at radius 1 is 1.39 bits per heavy atom. The monoisotopic (exact) mass is 248 g/mol. The average Bonchev–Trinajstić information content (AvgIpc) is 2.40. The highest BCUT2D eigenvalue weighted by Crippen LogP contribution is 2.21. The molecule has 1 aromatic rings. The first-order chi connectivity index (χ1) is 8.75. The van der Waals surface area contributed by atoms with Crippen molar-refractivity contribution < 1.29 is 14.3 Å². The fourth-order valence-electron chi connectivity index (χ4n) is 2.18. The molecule has 2 atom stereocenters. The summed E-state index contributed by atoms with van der Waals surface area (Å²) in [6, 6.07) is 10.1. The Morgan fingerprint density at radius 2 is 2.17 bits per heavy atom. The molecule has 0 bridgehead atoms. The van der Waals surface area contributed by atoms with Gasteiger partial charge in [0.25, 0.3) is 0 Å². The molecular weight excluding hydrogens is 228 g/mol. The molecule has 0 aromatic heterocycles. The number of benzene rings is 1. The third-order valence-electron chi connectivity index (χ3n) is 3.28. The summed E-state index contributed by atoms with van der Waals surface area (Å²) in [5.41, 5.74) is 1.17. The summed E-state index contributed by atoms with van der Waals surface area (Å²) in [5, 5.41) is 0. The molecule has 0 unspecified atom stereocenters. The Kier molecular flexibility index (Phi) is 4.76. The predicted octanol–water partition coefficient (Wildman–Crippen LogP) is 2.94. The number of rotatable bonds is 5. The first kappa shape index (κ1) is 13.1. The summed E-state index contributed by atoms with van der Waals surface area (Å²) >= 11 is 0. The summed E-state index contributed by atoms with van der Waals surface area (Å²) in [5.74, 6) is 0.194. The lowest BCUT2D eigenvalue weighted by atomic mass is 9.98. The molecule has 1 saturated heterocycles. The highest BCUT2D eigenvalue weighted by Gasteiger charge is 2.25. The van der Waals surface area contributed by atoms with Crippen LogP contribution in [-0.4, -0.2) is 18.7 Å². The van der Waals surface area contributed by atoms with Crippen LogP contribution in [0.5, 0.6) is 0 Å². The first-order valence-electron chi connectivity index (χ1n) is 6.57. The minimum absolute atomic E-state index is 0.0297. The minimum Gasteiger partial charge on any atom is -0.462 e. The number of hydrogen-bond acceptors (Lipinski definition) is 3. The van der Waals surface area contributed by atoms with Gasteiger partial charge in [0.1, 0.15) is 6.10 Å². The van der Waals surface area contributed by atoms with Crippen molar-refractivity contribution in [2.75, 3.05) is 6.61 Å². The smallest absolute Gasteiger partial charge is 0.306 e. The van der Waals surface area contributed by atoms with Crippen molar-refractivity contribution in [1.29, 1.82) is 0 Å². The van der Waals surface area contributed by atoms with Crippen LogP contribution in [0, 0.1) is 5.92 Å². The zero-order valence-corrected chi connectivity index (χ0v) is 10.8. The third-order valence-corrected chi connectivity index (χ3v) is 3.28. The molecule has 0 saturated carbocycles. The number of carbonyl (C=O) groups is 1. The highest BCUT2D eigenvalue weighted by atomic mass is 16.5. The first-order valence-corrected chi connectivity index (χ1v) is 6.57. The summed E-state index contributed by atoms with van der Waals surface area (Å²) in [6.07, 6.45) is 2.49. The molecule has 1 heterocycles. The molecule has 0 N–H and O–H groups in total. The largest absolute Gasteiger partial charge is 0.462 e. The molecule has 3 heteroatoms. The summed E-state index contributed by atoms with van der Waals surface area (Å²) in [6.45, 7) is 3.33. The van der Waals surface area contributed by atoms with Gasteiger partial charge in [-0.25, -0.2) is 0 Å². The van der Waals surface area contributed by atoms with Gasteiger partial charge in [-0.15, -0.1) is 0 Å². The molecule has 0 spiro atoms. The van der Waals surface area contributed by atoms with E-state index in [-0.39, 0.29) is 18.0 Å². The average molecular weight is 248 g/mol. The van der Waals surface area contributed by atoms with Crippen molar-refractivity contribution in [2.45, 2.75) is 38.9 Å². The van der Waals surface area contributed by atoms with Crippen LogP contribution in [0.25, 0.3) is 0 Å². The van der Waals surface area contributed by atoms with Gasteiger partial charge in [-0.05, 0) is 18.4 Å². The Bertz CT molecular complexity index is 375. The van der Waals surface area contributed by atoms with E-state index in [9.17, 15) is 4.79 Å². The maximum Gasteiger partial charge on any atom is 0.306 e. The molecule has 18 heavy (non-hydrogen) atoms. The fourth-order valence-corrected chi connectivity index (χ4v) is 2.18. The van der Waals surface area contributed by atoms with Gasteiger partial charge >= 0.3 is 5.97 Å². The normalized spacial score (nSPS) is 21.4. The van der Waals surface area contributed by atoms with E-state index in [4.69, 9.17) is 9.47 Å². The quantitative estimate of drug-likeness (QED) is 0.752. The van der Waals surface area contributed by atoms with E-state index in [1.165, 1.54) is 5.56 Å². The maximum absolute atomic E-state index is 11.2. The molecule has 2 rings (SSSR count). The van der Waals surface area contributed by atoms with E-state index in [0.717, 1.165) is 12.8 Å². The second kappa shape index (κ2) is 6.55. The zero-order valence-electron chi connectivity index (χ0n) is 10.8. The minimum atomic E-state index is -0.0684. The van der Waals surface area contributed by atoms with Gasteiger partial charge in [-0.3, -0.25) is 4.79 Å². The molecule has 0 amide bonds. The molecule has 1 aliphatic heterocycles. The van der Waals surface area contributed by atoms with Crippen LogP contribution < -0.4 is 0 Å². The van der Waals surface area contributed by atoms with Crippen molar-refractivity contribution in [2.24, 2.45) is 5.92 Å². The van der Waals surface area contributed by atoms with Gasteiger partial charge in [0.05, 0.1) is 13.2 Å². The molecule has 3 nitrogen and oxygen atoms in total. The lowest BCUT2D eigenvalue weighted by Crippen LogP contribution is -2.31. The molecule has 1 aliphatic rings. The van der Waals surface area contributed by atoms with Gasteiger partial charge in [0, 0.05) is 12.3 Å². The van der Waals surface area contributed by atoms with Gasteiger partial charge in [0.15, 0.2) is 0 Å². The van der Waals surface area contributed by atoms with Crippen LogP contribution in [0.15, 0.2) is 30.3 Å². The summed E-state index contributed by atoms with van der Waals surface area (Å²) in [7, 11) is 0. The standard InChI is InChI=1S/C15H20O3/c1-12(14-8-5-9-15(16)18-14)10-17-11-13-6-3-2-4-7-13/h2-4,6-7,12,14H,5,8-11H2,1H3/t12-,14-/m0/s1. The third kappa shape index (κ3) is 3.84. The Balaban J connectivity index is 1.71. The van der Waals surface area contributed by atoms with E-state index in [2.05, 4.69) is 6.92 Å². The highest BCUT2D eigenvalue weighted by molar-refractivity contribution is 5.70. The van der Waals surface area contributed by atoms with E-state index in [0.29, 0.717) is 19.6 Å². The van der Waals surface area contributed by atoms with Crippen molar-refractivity contribution in [1.82, 2.24) is 0 Å². The molecule has 1 fully saturated rings. The van der Waals surface area contributed by atoms with Gasteiger partial charge in [-0.2, -0.15) is 0 Å². The van der Waals surface area contributed by atoms with Crippen LogP contribution in [-0.2, 0) is 20.9 Å². The van der Waals surface area contributed by atoms with Gasteiger partial charge in [-0.1, -0.05) is 37.3 Å². The SMILES string of the molecule is C[C@@H](COCc1ccccc1)[C@@H]1CCCC(=O)O1. The Morgan fingerprint density at radius 3 is 2.89 bits per heavy atom. The van der Waals surface area contributed by atoms with Crippen LogP contribution in [0.3, 0.4) is 0 Å². The molecule has 1 aromatic carbocycles. The second-order valence-electron chi connectivity index (χ2n) is 4.90. The Hall–Kier alpha value is -1.35. The van der Waals surface area contributed by atoms with Crippen molar-refractivity contribution in [3.8, 4) is 0 Å². The fraction of sp³-hybridized carbons (Fsp3) is 0.533. The number of cyclic esters (lactones) is 1. The lowest BCUT2D eigenvalue weighted by molar-refractivity contribution is -0.158.